The molecule has 12 aromatic rings. The van der Waals surface area contributed by atoms with E-state index in [-0.39, 0.29) is 78.3 Å². The second-order valence-corrected chi connectivity index (χ2v) is 24.5. The van der Waals surface area contributed by atoms with Gasteiger partial charge in [-0.05, 0) is 137 Å². The zero-order valence-corrected chi connectivity index (χ0v) is 57.2. The highest BCUT2D eigenvalue weighted by Gasteiger charge is 2.48. The fourth-order valence-corrected chi connectivity index (χ4v) is 11.4. The third kappa shape index (κ3) is 15.1. The molecule has 20 heteroatoms. The summed E-state index contributed by atoms with van der Waals surface area (Å²) in [7, 11) is 2.40. The van der Waals surface area contributed by atoms with Crippen LogP contribution >= 0.6 is 0 Å². The Balaban J connectivity index is 0.000000141. The molecule has 0 saturated carbocycles. The number of benzene rings is 12. The molecular weight excluding hydrogens is 1400 g/mol. The quantitative estimate of drug-likeness (QED) is 0.123. The van der Waals surface area contributed by atoms with E-state index in [0.29, 0.717) is 22.3 Å². The molecular formula is C86H56F16O4. The second-order valence-electron chi connectivity index (χ2n) is 24.5. The van der Waals surface area contributed by atoms with Crippen LogP contribution < -0.4 is 18.9 Å². The molecule has 2 heterocycles. The van der Waals surface area contributed by atoms with E-state index in [1.807, 2.05) is 52.0 Å². The van der Waals surface area contributed by atoms with E-state index in [0.717, 1.165) is 34.4 Å². The van der Waals surface area contributed by atoms with Crippen molar-refractivity contribution in [2.24, 2.45) is 0 Å². The number of rotatable bonds is 6. The van der Waals surface area contributed by atoms with E-state index in [2.05, 4.69) is 37.9 Å². The molecule has 0 atom stereocenters. The minimum absolute atomic E-state index is 0.0226. The van der Waals surface area contributed by atoms with Crippen LogP contribution in [0.25, 0.3) is 66.8 Å². The second kappa shape index (κ2) is 30.6. The maximum Gasteiger partial charge on any atom is 0.430 e. The van der Waals surface area contributed by atoms with Gasteiger partial charge in [-0.15, -0.1) is 0 Å². The summed E-state index contributed by atoms with van der Waals surface area (Å²) in [5.41, 5.74) is 3.03. The molecule has 2 aliphatic rings. The van der Waals surface area contributed by atoms with Crippen molar-refractivity contribution in [1.29, 1.82) is 0 Å². The van der Waals surface area contributed by atoms with Gasteiger partial charge in [0.15, 0.2) is 69.5 Å². The van der Waals surface area contributed by atoms with E-state index < -0.39 is 116 Å². The van der Waals surface area contributed by atoms with E-state index in [1.165, 1.54) is 113 Å². The number of methoxy groups -OCH3 is 2. The minimum Gasteiger partial charge on any atom is -0.494 e. The molecule has 0 fully saturated rings. The Labute approximate surface area is 598 Å². The van der Waals surface area contributed by atoms with Crippen LogP contribution in [0.4, 0.5) is 70.2 Å². The van der Waals surface area contributed by atoms with Crippen LogP contribution in [0, 0.1) is 135 Å². The maximum absolute atomic E-state index is 15.1. The Morgan fingerprint density at radius 3 is 0.943 bits per heavy atom. The fourth-order valence-electron chi connectivity index (χ4n) is 11.4. The molecule has 0 aliphatic carbocycles. The first-order valence-electron chi connectivity index (χ1n) is 32.1. The zero-order chi connectivity index (χ0) is 76.4. The summed E-state index contributed by atoms with van der Waals surface area (Å²) in [5, 5.41) is 0. The van der Waals surface area contributed by atoms with Crippen LogP contribution in [0.15, 0.2) is 194 Å². The van der Waals surface area contributed by atoms with Crippen LogP contribution in [-0.2, 0) is 12.2 Å². The number of aryl methyl sites for hydroxylation is 6. The average molecular weight is 1460 g/mol. The molecule has 4 nitrogen and oxygen atoms in total. The molecule has 0 unspecified atom stereocenters. The lowest BCUT2D eigenvalue weighted by atomic mass is 9.90. The number of ether oxygens (including phenoxy) is 4. The molecule has 0 bridgehead atoms. The Kier molecular flexibility index (Phi) is 21.7. The van der Waals surface area contributed by atoms with Crippen molar-refractivity contribution in [2.45, 2.75) is 53.8 Å². The van der Waals surface area contributed by atoms with Crippen molar-refractivity contribution < 1.29 is 89.2 Å². The van der Waals surface area contributed by atoms with Gasteiger partial charge in [-0.3, -0.25) is 0 Å². The number of hydrogen-bond acceptors (Lipinski definition) is 4. The van der Waals surface area contributed by atoms with E-state index >= 15 is 8.78 Å². The van der Waals surface area contributed by atoms with Gasteiger partial charge in [0.2, 0.25) is 11.6 Å². The average Bonchev–Trinajstić information content (AvgIpc) is 0.733. The molecule has 2 aliphatic heterocycles. The van der Waals surface area contributed by atoms with Crippen molar-refractivity contribution in [3.8, 4) is 113 Å². The molecule has 12 aromatic carbocycles. The van der Waals surface area contributed by atoms with Crippen LogP contribution in [-0.4, -0.2) is 14.2 Å². The monoisotopic (exact) mass is 1460 g/mol. The smallest absolute Gasteiger partial charge is 0.430 e. The van der Waals surface area contributed by atoms with Gasteiger partial charge in [0.25, 0.3) is 0 Å². The zero-order valence-electron chi connectivity index (χ0n) is 57.2. The highest BCUT2D eigenvalue weighted by Crippen LogP contribution is 2.53. The Morgan fingerprint density at radius 2 is 0.547 bits per heavy atom. The summed E-state index contributed by atoms with van der Waals surface area (Å²) in [4.78, 5) is 0. The normalized spacial score (nSPS) is 12.3. The molecule has 106 heavy (non-hydrogen) atoms. The van der Waals surface area contributed by atoms with Gasteiger partial charge in [-0.1, -0.05) is 167 Å². The summed E-state index contributed by atoms with van der Waals surface area (Å²) >= 11 is 0. The van der Waals surface area contributed by atoms with Crippen LogP contribution in [0.1, 0.15) is 66.8 Å². The standard InChI is InChI=1S/C22H14F4O.C22H14F4.C21H14F4O2.C21H14F4O/c1-13-3-5-14(6-4-13)7-8-15-9-10-16(20(24)19(15)23)17-11-12-18(27-2)22(26)21(17)25;1-13-3-6-15(7-4-13)8-9-16-10-12-18(22(26)20(16)24)17-11-5-14(2)19(23)21(17)25;1-11-3-5-12(6-4-11)13-7-8-14-15-9-10-16(26-2)19(23)20(15)27-21(24,25)17(14)18(13)22;1-11-3-6-13(7-4-11)14-9-10-15-16-8-5-12(2)18(22)20(16)26-21(24,25)17(15)19(14)23/h3-6,9-12H,1-2H3;3-7,10-12H,1-2H3;3-10H,1-2H3;3-10H,1-2H3. The van der Waals surface area contributed by atoms with Crippen molar-refractivity contribution in [1.82, 2.24) is 0 Å². The molecule has 14 rings (SSSR count). The minimum atomic E-state index is -4.03. The highest BCUT2D eigenvalue weighted by atomic mass is 19.3. The largest absolute Gasteiger partial charge is 0.494 e. The molecule has 0 saturated heterocycles. The number of halogens is 16. The van der Waals surface area contributed by atoms with Gasteiger partial charge in [0.1, 0.15) is 22.8 Å². The van der Waals surface area contributed by atoms with Gasteiger partial charge in [-0.25, -0.2) is 43.9 Å². The van der Waals surface area contributed by atoms with Gasteiger partial charge < -0.3 is 18.9 Å². The number of alkyl halides is 4. The van der Waals surface area contributed by atoms with Gasteiger partial charge >= 0.3 is 12.2 Å². The van der Waals surface area contributed by atoms with Gasteiger partial charge in [0, 0.05) is 66.8 Å². The van der Waals surface area contributed by atoms with Crippen LogP contribution in [0.5, 0.6) is 23.0 Å². The van der Waals surface area contributed by atoms with Crippen molar-refractivity contribution in [3.63, 3.8) is 0 Å². The summed E-state index contributed by atoms with van der Waals surface area (Å²) < 4.78 is 249. The first-order valence-corrected chi connectivity index (χ1v) is 32.1. The first-order chi connectivity index (χ1) is 50.4. The topological polar surface area (TPSA) is 36.9 Å². The summed E-state index contributed by atoms with van der Waals surface area (Å²) in [6, 6.07) is 49.1. The fraction of sp³-hybridized carbons (Fsp3) is 0.116. The van der Waals surface area contributed by atoms with Crippen molar-refractivity contribution in [2.75, 3.05) is 14.2 Å². The number of hydrogen-bond donors (Lipinski definition) is 0. The summed E-state index contributed by atoms with van der Waals surface area (Å²) in [5.74, 6) is -5.05. The predicted molar refractivity (Wildman–Crippen MR) is 373 cm³/mol. The molecule has 0 spiro atoms. The van der Waals surface area contributed by atoms with Crippen LogP contribution in [0.2, 0.25) is 0 Å². The Morgan fingerprint density at radius 1 is 0.255 bits per heavy atom. The van der Waals surface area contributed by atoms with Crippen LogP contribution in [0.3, 0.4) is 0 Å². The summed E-state index contributed by atoms with van der Waals surface area (Å²) in [6.07, 6.45) is -8.00. The molecule has 0 aromatic heterocycles. The molecule has 0 N–H and O–H groups in total. The lowest BCUT2D eigenvalue weighted by molar-refractivity contribution is -0.191. The Bertz CT molecular complexity index is 5540. The van der Waals surface area contributed by atoms with E-state index in [9.17, 15) is 61.5 Å². The lowest BCUT2D eigenvalue weighted by Crippen LogP contribution is -2.29. The van der Waals surface area contributed by atoms with Crippen molar-refractivity contribution in [3.05, 3.63) is 331 Å². The molecule has 0 radical (unpaired) electrons. The third-order valence-corrected chi connectivity index (χ3v) is 17.3. The van der Waals surface area contributed by atoms with Gasteiger partial charge in [0.05, 0.1) is 25.3 Å². The highest BCUT2D eigenvalue weighted by molar-refractivity contribution is 5.83. The SMILES string of the molecule is COc1ccc(-c2ccc(C#Cc3ccc(C)cc3)c(F)c2F)c(F)c1F.COc1ccc2c(c1F)OC(F)(F)c1c-2ccc(-c2ccc(C)cc2)c1F.Cc1ccc(-c2ccc3c(c2F)C(F)(F)Oc2c-3ccc(C)c2F)cc1.Cc1ccc(C#Cc2ccc(-c3ccc(C)c(F)c3F)c(F)c2F)cc1. The number of fused-ring (bicyclic) bond motifs is 6. The van der Waals surface area contributed by atoms with Gasteiger partial charge in [-0.2, -0.15) is 26.3 Å². The molecule has 0 amide bonds. The Hall–Kier alpha value is -12.2. The van der Waals surface area contributed by atoms with E-state index in [1.54, 1.807) is 72.8 Å². The first kappa shape index (κ1) is 75.0. The van der Waals surface area contributed by atoms with E-state index in [4.69, 9.17) is 4.74 Å². The summed E-state index contributed by atoms with van der Waals surface area (Å²) in [6.45, 7) is 10.4. The lowest BCUT2D eigenvalue weighted by Gasteiger charge is -2.29. The predicted octanol–water partition coefficient (Wildman–Crippen LogP) is 24.0. The maximum atomic E-state index is 15.1. The third-order valence-electron chi connectivity index (χ3n) is 17.3. The van der Waals surface area contributed by atoms with Crippen molar-refractivity contribution >= 4 is 0 Å². The molecule has 536 valence electrons.